The maximum absolute atomic E-state index is 11.1. The maximum atomic E-state index is 11.1. The van der Waals surface area contributed by atoms with Crippen molar-refractivity contribution in [3.63, 3.8) is 0 Å². The lowest BCUT2D eigenvalue weighted by Gasteiger charge is -2.10. The predicted octanol–water partition coefficient (Wildman–Crippen LogP) is 6.36. The molecule has 0 saturated heterocycles. The van der Waals surface area contributed by atoms with Crippen molar-refractivity contribution in [2.75, 3.05) is 0 Å². The van der Waals surface area contributed by atoms with Gasteiger partial charge in [-0.1, -0.05) is 59.1 Å². The highest BCUT2D eigenvalue weighted by Gasteiger charge is 2.15. The molecule has 2 aromatic carbocycles. The summed E-state index contributed by atoms with van der Waals surface area (Å²) in [4.78, 5) is 15.7. The van der Waals surface area contributed by atoms with Crippen LogP contribution in [0.5, 0.6) is 5.75 Å². The van der Waals surface area contributed by atoms with Crippen LogP contribution in [-0.4, -0.2) is 16.1 Å². The Hall–Kier alpha value is -1.79. The minimum absolute atomic E-state index is 0.249. The highest BCUT2D eigenvalue weighted by atomic mass is 35.5. The van der Waals surface area contributed by atoms with Gasteiger partial charge in [-0.3, -0.25) is 0 Å². The molecule has 8 heteroatoms. The Morgan fingerprint density at radius 3 is 2.31 bits per heavy atom. The molecule has 0 saturated carbocycles. The summed E-state index contributed by atoms with van der Waals surface area (Å²) in [5.74, 6) is -0.587. The number of aromatic nitrogens is 1. The average molecular weight is 429 g/mol. The van der Waals surface area contributed by atoms with Crippen LogP contribution < -0.4 is 4.74 Å². The molecule has 0 aliphatic rings. The van der Waals surface area contributed by atoms with Crippen LogP contribution in [0.2, 0.25) is 15.1 Å². The predicted molar refractivity (Wildman–Crippen MR) is 105 cm³/mol. The normalized spacial score (nSPS) is 10.8. The van der Waals surface area contributed by atoms with Gasteiger partial charge in [0.1, 0.15) is 16.5 Å². The van der Waals surface area contributed by atoms with Crippen molar-refractivity contribution in [1.29, 1.82) is 0 Å². The van der Waals surface area contributed by atoms with Gasteiger partial charge in [-0.15, -0.1) is 11.3 Å². The van der Waals surface area contributed by atoms with Gasteiger partial charge in [-0.25, -0.2) is 9.78 Å². The molecule has 0 amide bonds. The minimum atomic E-state index is -0.965. The Labute approximate surface area is 168 Å². The summed E-state index contributed by atoms with van der Waals surface area (Å²) in [6.45, 7) is 1.96. The molecule has 4 nitrogen and oxygen atoms in total. The minimum Gasteiger partial charge on any atom is -0.486 e. The van der Waals surface area contributed by atoms with Crippen LogP contribution in [-0.2, 0) is 6.61 Å². The monoisotopic (exact) mass is 427 g/mol. The van der Waals surface area contributed by atoms with E-state index in [0.717, 1.165) is 22.5 Å². The van der Waals surface area contributed by atoms with E-state index in [1.54, 1.807) is 19.1 Å². The topological polar surface area (TPSA) is 59.4 Å². The van der Waals surface area contributed by atoms with Crippen LogP contribution in [0.4, 0.5) is 0 Å². The lowest BCUT2D eigenvalue weighted by atomic mass is 10.1. The number of hydrogen-bond donors (Lipinski definition) is 1. The third kappa shape index (κ3) is 4.13. The van der Waals surface area contributed by atoms with E-state index in [0.29, 0.717) is 31.5 Å². The molecule has 3 aromatic rings. The van der Waals surface area contributed by atoms with Crippen molar-refractivity contribution in [1.82, 2.24) is 4.98 Å². The molecule has 0 radical (unpaired) electrons. The van der Waals surface area contributed by atoms with Crippen molar-refractivity contribution in [2.24, 2.45) is 0 Å². The Kier molecular flexibility index (Phi) is 5.73. The van der Waals surface area contributed by atoms with Crippen molar-refractivity contribution in [3.05, 3.63) is 67.6 Å². The number of rotatable bonds is 5. The van der Waals surface area contributed by atoms with Gasteiger partial charge in [0.2, 0.25) is 0 Å². The quantitative estimate of drug-likeness (QED) is 0.514. The van der Waals surface area contributed by atoms with Gasteiger partial charge in [-0.05, 0) is 24.6 Å². The van der Waals surface area contributed by atoms with Gasteiger partial charge in [0.05, 0.1) is 15.7 Å². The molecule has 0 aliphatic carbocycles. The lowest BCUT2D eigenvalue weighted by molar-refractivity contribution is 0.0701. The lowest BCUT2D eigenvalue weighted by Crippen LogP contribution is -1.96. The number of aromatic carboxylic acids is 1. The van der Waals surface area contributed by atoms with Gasteiger partial charge >= 0.3 is 5.97 Å². The fourth-order valence-corrected chi connectivity index (χ4v) is 4.12. The van der Waals surface area contributed by atoms with Crippen molar-refractivity contribution >= 4 is 52.1 Å². The average Bonchev–Trinajstić information content (AvgIpc) is 2.96. The molecule has 0 bridgehead atoms. The molecule has 134 valence electrons. The number of aryl methyl sites for hydroxylation is 1. The number of carboxylic acid groups (broad SMARTS) is 1. The Morgan fingerprint density at radius 1 is 1.15 bits per heavy atom. The van der Waals surface area contributed by atoms with E-state index >= 15 is 0 Å². The maximum Gasteiger partial charge on any atom is 0.347 e. The molecule has 0 unspecified atom stereocenters. The first-order chi connectivity index (χ1) is 12.3. The SMILES string of the molecule is Cc1nc(-c2ccc(COc3c(Cl)cc(Cl)cc3Cl)cc2)sc1C(=O)O. The molecule has 1 N–H and O–H groups in total. The van der Waals surface area contributed by atoms with Gasteiger partial charge in [0, 0.05) is 10.6 Å². The van der Waals surface area contributed by atoms with Crippen molar-refractivity contribution in [3.8, 4) is 16.3 Å². The highest BCUT2D eigenvalue weighted by molar-refractivity contribution is 7.17. The summed E-state index contributed by atoms with van der Waals surface area (Å²) < 4.78 is 5.70. The first kappa shape index (κ1) is 19.0. The summed E-state index contributed by atoms with van der Waals surface area (Å²) in [5, 5.41) is 10.9. The fraction of sp³-hybridized carbons (Fsp3) is 0.111. The zero-order valence-corrected chi connectivity index (χ0v) is 16.5. The third-order valence-corrected chi connectivity index (χ3v) is 5.51. The largest absolute Gasteiger partial charge is 0.486 e. The molecule has 26 heavy (non-hydrogen) atoms. The van der Waals surface area contributed by atoms with Crippen LogP contribution in [0, 0.1) is 6.92 Å². The zero-order chi connectivity index (χ0) is 18.8. The molecule has 0 aliphatic heterocycles. The summed E-state index contributed by atoms with van der Waals surface area (Å²) in [6.07, 6.45) is 0. The standard InChI is InChI=1S/C18H12Cl3NO3S/c1-9-16(18(23)24)26-17(22-9)11-4-2-10(3-5-11)8-25-15-13(20)6-12(19)7-14(15)21/h2-7H,8H2,1H3,(H,23,24). The molecular weight excluding hydrogens is 417 g/mol. The third-order valence-electron chi connectivity index (χ3n) is 3.54. The summed E-state index contributed by atoms with van der Waals surface area (Å²) >= 11 is 19.2. The molecular formula is C18H12Cl3NO3S. The molecule has 0 fully saturated rings. The van der Waals surface area contributed by atoms with Gasteiger partial charge in [0.25, 0.3) is 0 Å². The smallest absolute Gasteiger partial charge is 0.347 e. The second-order valence-electron chi connectivity index (χ2n) is 5.42. The number of carbonyl (C=O) groups is 1. The summed E-state index contributed by atoms with van der Waals surface area (Å²) in [6, 6.07) is 10.6. The number of benzene rings is 2. The summed E-state index contributed by atoms with van der Waals surface area (Å²) in [5.41, 5.74) is 2.26. The number of thiazole rings is 1. The first-order valence-corrected chi connectivity index (χ1v) is 9.37. The zero-order valence-electron chi connectivity index (χ0n) is 13.4. The number of nitrogens with zero attached hydrogens (tertiary/aromatic N) is 1. The van der Waals surface area contributed by atoms with Crippen LogP contribution in [0.1, 0.15) is 20.9 Å². The first-order valence-electron chi connectivity index (χ1n) is 7.42. The van der Waals surface area contributed by atoms with Crippen molar-refractivity contribution < 1.29 is 14.6 Å². The van der Waals surface area contributed by atoms with E-state index in [2.05, 4.69) is 4.98 Å². The second-order valence-corrected chi connectivity index (χ2v) is 7.67. The van der Waals surface area contributed by atoms with E-state index in [4.69, 9.17) is 44.6 Å². The van der Waals surface area contributed by atoms with Crippen LogP contribution in [0.3, 0.4) is 0 Å². The number of ether oxygens (including phenoxy) is 1. The van der Waals surface area contributed by atoms with Crippen molar-refractivity contribution in [2.45, 2.75) is 13.5 Å². The second kappa shape index (κ2) is 7.84. The van der Waals surface area contributed by atoms with Crippen LogP contribution >= 0.6 is 46.1 Å². The number of carboxylic acids is 1. The summed E-state index contributed by atoms with van der Waals surface area (Å²) in [7, 11) is 0. The van der Waals surface area contributed by atoms with Crippen LogP contribution in [0.25, 0.3) is 10.6 Å². The molecule has 1 aromatic heterocycles. The van der Waals surface area contributed by atoms with E-state index in [-0.39, 0.29) is 11.5 Å². The highest BCUT2D eigenvalue weighted by Crippen LogP contribution is 2.36. The van der Waals surface area contributed by atoms with E-state index in [9.17, 15) is 4.79 Å². The Bertz CT molecular complexity index is 947. The van der Waals surface area contributed by atoms with E-state index < -0.39 is 5.97 Å². The van der Waals surface area contributed by atoms with Gasteiger partial charge < -0.3 is 9.84 Å². The number of halogens is 3. The van der Waals surface area contributed by atoms with Gasteiger partial charge in [0.15, 0.2) is 5.75 Å². The molecule has 3 rings (SSSR count). The van der Waals surface area contributed by atoms with E-state index in [1.165, 1.54) is 0 Å². The fourth-order valence-electron chi connectivity index (χ4n) is 2.28. The number of hydrogen-bond acceptors (Lipinski definition) is 4. The van der Waals surface area contributed by atoms with E-state index in [1.807, 2.05) is 24.3 Å². The Morgan fingerprint density at radius 2 is 1.77 bits per heavy atom. The van der Waals surface area contributed by atoms with Crippen LogP contribution in [0.15, 0.2) is 36.4 Å². The molecule has 1 heterocycles. The molecule has 0 atom stereocenters. The Balaban J connectivity index is 1.74. The molecule has 0 spiro atoms. The van der Waals surface area contributed by atoms with Gasteiger partial charge in [-0.2, -0.15) is 0 Å².